The Morgan fingerprint density at radius 3 is 1.37 bits per heavy atom. The van der Waals surface area contributed by atoms with Gasteiger partial charge in [-0.3, -0.25) is 4.79 Å². The Morgan fingerprint density at radius 1 is 0.457 bits per heavy atom. The Labute approximate surface area is 481 Å². The molecule has 12 N–H and O–H groups in total. The lowest BCUT2D eigenvalue weighted by atomic mass is 9.96. The van der Waals surface area contributed by atoms with Crippen LogP contribution in [0.1, 0.15) is 142 Å². The van der Waals surface area contributed by atoms with Gasteiger partial charge in [-0.2, -0.15) is 0 Å². The topological polar surface area (TPSA) is 307 Å². The van der Waals surface area contributed by atoms with E-state index in [0.717, 1.165) is 83.5 Å². The summed E-state index contributed by atoms with van der Waals surface area (Å²) in [7, 11) is 0. The predicted octanol–water partition coefficient (Wildman–Crippen LogP) is 5.14. The Kier molecular flexibility index (Phi) is 39.0. The lowest BCUT2D eigenvalue weighted by Gasteiger charge is -2.48. The van der Waals surface area contributed by atoms with E-state index in [0.29, 0.717) is 12.8 Å². The second-order valence-electron chi connectivity index (χ2n) is 20.7. The largest absolute Gasteiger partial charge is 0.394 e. The van der Waals surface area contributed by atoms with Crippen LogP contribution in [0.25, 0.3) is 0 Å². The molecule has 462 valence electrons. The van der Waals surface area contributed by atoms with Crippen LogP contribution in [0.3, 0.4) is 0 Å². The summed E-state index contributed by atoms with van der Waals surface area (Å²) in [5, 5.41) is 120. The number of hydrogen-bond acceptors (Lipinski definition) is 18. The lowest BCUT2D eigenvalue weighted by Crippen LogP contribution is -2.66. The molecule has 19 heteroatoms. The summed E-state index contributed by atoms with van der Waals surface area (Å²) in [4.78, 5) is 13.3. The zero-order valence-electron chi connectivity index (χ0n) is 48.0. The number of amides is 1. The number of ether oxygens (including phenoxy) is 6. The fourth-order valence-corrected chi connectivity index (χ4v) is 9.18. The monoisotopic (exact) mass is 1150 g/mol. The summed E-state index contributed by atoms with van der Waals surface area (Å²) in [6, 6.07) is -1.01. The molecule has 0 spiro atoms. The highest BCUT2D eigenvalue weighted by Gasteiger charge is 2.53. The third-order valence-corrected chi connectivity index (χ3v) is 14.1. The molecule has 3 heterocycles. The van der Waals surface area contributed by atoms with E-state index in [2.05, 4.69) is 116 Å². The van der Waals surface area contributed by atoms with Crippen LogP contribution >= 0.6 is 0 Å². The van der Waals surface area contributed by atoms with Crippen LogP contribution in [0.5, 0.6) is 0 Å². The first-order valence-corrected chi connectivity index (χ1v) is 29.6. The van der Waals surface area contributed by atoms with Crippen molar-refractivity contribution in [1.29, 1.82) is 0 Å². The first-order valence-electron chi connectivity index (χ1n) is 29.6. The molecule has 19 nitrogen and oxygen atoms in total. The van der Waals surface area contributed by atoms with Gasteiger partial charge in [0.15, 0.2) is 18.9 Å². The molecule has 0 bridgehead atoms. The first-order chi connectivity index (χ1) is 39.3. The number of allylic oxidation sites excluding steroid dienone is 17. The molecule has 1 amide bonds. The quantitative estimate of drug-likeness (QED) is 0.0278. The molecule has 17 atom stereocenters. The minimum absolute atomic E-state index is 0.187. The smallest absolute Gasteiger partial charge is 0.220 e. The van der Waals surface area contributed by atoms with E-state index in [1.807, 2.05) is 6.08 Å². The molecule has 3 saturated heterocycles. The van der Waals surface area contributed by atoms with Gasteiger partial charge in [0.1, 0.15) is 73.2 Å². The van der Waals surface area contributed by atoms with Crippen molar-refractivity contribution >= 4 is 5.91 Å². The minimum Gasteiger partial charge on any atom is -0.394 e. The molecule has 81 heavy (non-hydrogen) atoms. The van der Waals surface area contributed by atoms with Gasteiger partial charge in [-0.15, -0.1) is 0 Å². The Morgan fingerprint density at radius 2 is 0.864 bits per heavy atom. The summed E-state index contributed by atoms with van der Waals surface area (Å²) >= 11 is 0. The van der Waals surface area contributed by atoms with Gasteiger partial charge in [-0.1, -0.05) is 155 Å². The molecular weight excluding hydrogens is 1050 g/mol. The number of aliphatic hydroxyl groups is 11. The molecule has 0 saturated carbocycles. The maximum atomic E-state index is 13.3. The SMILES string of the molecule is CC/C=C\C/C=C\C/C=C\C/C=C\C/C=C\C/C=C\C/C=C\CCCCCC(=O)NC(COC1OC(CO)C(OC2OC(CO)C(OC3OC(CO)C(O)C(O)C3O)C(O)C2O)C(O)C1O)C(O)/C=C/CC/C=C/CCCCCCC. The summed E-state index contributed by atoms with van der Waals surface area (Å²) < 4.78 is 34.1. The zero-order valence-corrected chi connectivity index (χ0v) is 48.0. The second-order valence-corrected chi connectivity index (χ2v) is 20.7. The van der Waals surface area contributed by atoms with Crippen LogP contribution in [0.4, 0.5) is 0 Å². The van der Waals surface area contributed by atoms with Crippen molar-refractivity contribution in [2.24, 2.45) is 0 Å². The van der Waals surface area contributed by atoms with E-state index in [9.17, 15) is 61.0 Å². The highest BCUT2D eigenvalue weighted by atomic mass is 16.8. The first kappa shape index (κ1) is 71.7. The van der Waals surface area contributed by atoms with Gasteiger partial charge in [-0.05, 0) is 89.9 Å². The van der Waals surface area contributed by atoms with Crippen molar-refractivity contribution in [3.8, 4) is 0 Å². The molecule has 0 aliphatic carbocycles. The minimum atomic E-state index is -1.99. The number of carbonyl (C=O) groups excluding carboxylic acids is 1. The fourth-order valence-electron chi connectivity index (χ4n) is 9.18. The second kappa shape index (κ2) is 44.0. The third kappa shape index (κ3) is 27.8. The molecule has 3 aliphatic rings. The van der Waals surface area contributed by atoms with Gasteiger partial charge >= 0.3 is 0 Å². The van der Waals surface area contributed by atoms with E-state index in [4.69, 9.17) is 28.4 Å². The summed E-state index contributed by atoms with van der Waals surface area (Å²) in [5.41, 5.74) is 0. The van der Waals surface area contributed by atoms with Crippen LogP contribution < -0.4 is 5.32 Å². The van der Waals surface area contributed by atoms with Gasteiger partial charge in [0, 0.05) is 6.42 Å². The van der Waals surface area contributed by atoms with Gasteiger partial charge < -0.3 is 89.9 Å². The van der Waals surface area contributed by atoms with Crippen molar-refractivity contribution in [3.63, 3.8) is 0 Å². The fraction of sp³-hybridized carbons (Fsp3) is 0.694. The average Bonchev–Trinajstić information content (AvgIpc) is 3.51. The maximum absolute atomic E-state index is 13.3. The number of aliphatic hydroxyl groups excluding tert-OH is 11. The van der Waals surface area contributed by atoms with Crippen molar-refractivity contribution in [1.82, 2.24) is 5.32 Å². The van der Waals surface area contributed by atoms with E-state index < -0.39 is 124 Å². The van der Waals surface area contributed by atoms with Gasteiger partial charge in [0.25, 0.3) is 0 Å². The number of unbranched alkanes of at least 4 members (excludes halogenated alkanes) is 9. The Balaban J connectivity index is 1.49. The molecule has 0 aromatic carbocycles. The zero-order chi connectivity index (χ0) is 59.0. The van der Waals surface area contributed by atoms with Gasteiger partial charge in [-0.25, -0.2) is 0 Å². The van der Waals surface area contributed by atoms with E-state index in [1.165, 1.54) is 25.7 Å². The number of hydrogen-bond donors (Lipinski definition) is 12. The van der Waals surface area contributed by atoms with Crippen molar-refractivity contribution in [3.05, 3.63) is 109 Å². The standard InChI is InChI=1S/C62H101NO18/c1-3-5-7-9-11-13-15-16-17-18-19-20-21-22-23-24-25-26-27-28-30-32-34-36-38-40-50(68)63-45(46(67)39-37-35-33-31-29-14-12-10-8-6-4-2)44-76-60-56(74)53(71)58(48(42-65)78-60)81-62-57(75)54(72)59(49(43-66)79-62)80-61-55(73)52(70)51(69)47(41-64)77-61/h5,7,11,13,16-17,19-20,22-23,25-26,28-31,37,39,45-49,51-62,64-67,69-75H,3-4,6,8-10,12,14-15,18,21,24,27,32-36,38,40-44H2,1-2H3,(H,63,68)/b7-5-,13-11-,17-16-,20-19-,23-22-,26-25-,30-28-,31-29+,39-37+. The lowest BCUT2D eigenvalue weighted by molar-refractivity contribution is -0.379. The molecule has 3 aliphatic heterocycles. The molecule has 0 aromatic rings. The maximum Gasteiger partial charge on any atom is 0.220 e. The van der Waals surface area contributed by atoms with Crippen LogP contribution in [-0.4, -0.2) is 193 Å². The molecule has 17 unspecified atom stereocenters. The number of nitrogens with one attached hydrogen (secondary N) is 1. The molecule has 3 rings (SSSR count). The van der Waals surface area contributed by atoms with Crippen molar-refractivity contribution in [2.75, 3.05) is 26.4 Å². The van der Waals surface area contributed by atoms with Crippen LogP contribution in [0, 0.1) is 0 Å². The molecule has 0 radical (unpaired) electrons. The van der Waals surface area contributed by atoms with Crippen molar-refractivity contribution < 1.29 is 89.4 Å². The normalized spacial score (nSPS) is 30.6. The predicted molar refractivity (Wildman–Crippen MR) is 309 cm³/mol. The number of rotatable bonds is 41. The van der Waals surface area contributed by atoms with Gasteiger partial charge in [0.2, 0.25) is 5.91 Å². The Hall–Kier alpha value is -3.55. The average molecular weight is 1150 g/mol. The Bertz CT molecular complexity index is 1900. The highest BCUT2D eigenvalue weighted by Crippen LogP contribution is 2.33. The van der Waals surface area contributed by atoms with E-state index in [1.54, 1.807) is 6.08 Å². The highest BCUT2D eigenvalue weighted by molar-refractivity contribution is 5.76. The van der Waals surface area contributed by atoms with Crippen molar-refractivity contribution in [2.45, 2.75) is 247 Å². The number of carbonyl (C=O) groups is 1. The van der Waals surface area contributed by atoms with E-state index in [-0.39, 0.29) is 18.9 Å². The molecule has 0 aromatic heterocycles. The summed E-state index contributed by atoms with van der Waals surface area (Å²) in [5.74, 6) is -0.326. The summed E-state index contributed by atoms with van der Waals surface area (Å²) in [6.45, 7) is 1.49. The third-order valence-electron chi connectivity index (χ3n) is 14.1. The van der Waals surface area contributed by atoms with Gasteiger partial charge in [0.05, 0.1) is 38.6 Å². The molecular formula is C62H101NO18. The van der Waals surface area contributed by atoms with Crippen LogP contribution in [0.2, 0.25) is 0 Å². The van der Waals surface area contributed by atoms with Crippen LogP contribution in [-0.2, 0) is 33.2 Å². The summed E-state index contributed by atoms with van der Waals surface area (Å²) in [6.07, 6.45) is 29.4. The van der Waals surface area contributed by atoms with E-state index >= 15 is 0 Å². The van der Waals surface area contributed by atoms with Crippen LogP contribution in [0.15, 0.2) is 109 Å². The molecule has 3 fully saturated rings.